The van der Waals surface area contributed by atoms with Crippen LogP contribution in [0.2, 0.25) is 0 Å². The zero-order valence-electron chi connectivity index (χ0n) is 8.48. The van der Waals surface area contributed by atoms with E-state index in [0.717, 1.165) is 12.3 Å². The summed E-state index contributed by atoms with van der Waals surface area (Å²) in [6.07, 6.45) is 10.1. The van der Waals surface area contributed by atoms with Crippen LogP contribution in [0, 0.1) is 0 Å². The Morgan fingerprint density at radius 2 is 2.14 bits per heavy atom. The zero-order chi connectivity index (χ0) is 9.64. The summed E-state index contributed by atoms with van der Waals surface area (Å²) in [4.78, 5) is 2.49. The number of piperidine rings is 1. The van der Waals surface area contributed by atoms with Crippen LogP contribution < -0.4 is 0 Å². The second-order valence-corrected chi connectivity index (χ2v) is 3.78. The fourth-order valence-corrected chi connectivity index (χ4v) is 1.85. The predicted octanol–water partition coefficient (Wildman–Crippen LogP) is 2.78. The van der Waals surface area contributed by atoms with Gasteiger partial charge in [0.25, 0.3) is 0 Å². The molecule has 0 saturated carbocycles. The number of nitrogens with zero attached hydrogens (tertiary/aromatic N) is 1. The molecular formula is C12H17NO. The van der Waals surface area contributed by atoms with Gasteiger partial charge in [-0.1, -0.05) is 12.5 Å². The molecule has 1 aliphatic rings. The van der Waals surface area contributed by atoms with Crippen LogP contribution in [0.4, 0.5) is 0 Å². The summed E-state index contributed by atoms with van der Waals surface area (Å²) in [6.45, 7) is 3.56. The molecule has 0 aliphatic carbocycles. The Morgan fingerprint density at radius 3 is 2.86 bits per heavy atom. The molecule has 2 heteroatoms. The maximum Gasteiger partial charge on any atom is 0.126 e. The number of hydrogen-bond acceptors (Lipinski definition) is 2. The van der Waals surface area contributed by atoms with Gasteiger partial charge in [-0.25, -0.2) is 0 Å². The second-order valence-electron chi connectivity index (χ2n) is 3.78. The van der Waals surface area contributed by atoms with Gasteiger partial charge in [0.1, 0.15) is 5.76 Å². The highest BCUT2D eigenvalue weighted by molar-refractivity contribution is 5.42. The molecule has 0 unspecified atom stereocenters. The molecule has 1 aliphatic heterocycles. The van der Waals surface area contributed by atoms with Crippen LogP contribution in [0.1, 0.15) is 25.0 Å². The van der Waals surface area contributed by atoms with Crippen molar-refractivity contribution >= 4 is 6.08 Å². The Hall–Kier alpha value is -1.02. The molecular weight excluding hydrogens is 174 g/mol. The third kappa shape index (κ3) is 2.74. The van der Waals surface area contributed by atoms with Gasteiger partial charge in [0.05, 0.1) is 6.26 Å². The molecule has 0 N–H and O–H groups in total. The molecule has 76 valence electrons. The number of rotatable bonds is 3. The molecule has 2 nitrogen and oxygen atoms in total. The fraction of sp³-hybridized carbons (Fsp3) is 0.500. The van der Waals surface area contributed by atoms with Gasteiger partial charge in [-0.2, -0.15) is 0 Å². The summed E-state index contributed by atoms with van der Waals surface area (Å²) in [6, 6.07) is 3.90. The Labute approximate surface area is 85.2 Å². The topological polar surface area (TPSA) is 16.4 Å². The summed E-state index contributed by atoms with van der Waals surface area (Å²) in [7, 11) is 0. The summed E-state index contributed by atoms with van der Waals surface area (Å²) in [5.74, 6) is 0.946. The third-order valence-electron chi connectivity index (χ3n) is 2.64. The van der Waals surface area contributed by atoms with Crippen molar-refractivity contribution in [2.75, 3.05) is 19.6 Å². The first-order chi connectivity index (χ1) is 6.95. The Kier molecular flexibility index (Phi) is 3.41. The molecule has 2 heterocycles. The van der Waals surface area contributed by atoms with E-state index in [1.807, 2.05) is 12.1 Å². The van der Waals surface area contributed by atoms with E-state index < -0.39 is 0 Å². The molecule has 0 atom stereocenters. The molecule has 1 saturated heterocycles. The van der Waals surface area contributed by atoms with Crippen LogP contribution in [0.5, 0.6) is 0 Å². The van der Waals surface area contributed by atoms with Crippen molar-refractivity contribution in [1.29, 1.82) is 0 Å². The lowest BCUT2D eigenvalue weighted by Crippen LogP contribution is -2.29. The monoisotopic (exact) mass is 191 g/mol. The van der Waals surface area contributed by atoms with Gasteiger partial charge in [0, 0.05) is 6.54 Å². The number of hydrogen-bond donors (Lipinski definition) is 0. The smallest absolute Gasteiger partial charge is 0.126 e. The summed E-state index contributed by atoms with van der Waals surface area (Å²) in [5.41, 5.74) is 0. The fourth-order valence-electron chi connectivity index (χ4n) is 1.85. The molecule has 1 aromatic heterocycles. The van der Waals surface area contributed by atoms with Crippen LogP contribution in [0.3, 0.4) is 0 Å². The molecule has 0 aromatic carbocycles. The van der Waals surface area contributed by atoms with E-state index in [9.17, 15) is 0 Å². The summed E-state index contributed by atoms with van der Waals surface area (Å²) in [5, 5.41) is 0. The van der Waals surface area contributed by atoms with E-state index in [0.29, 0.717) is 0 Å². The van der Waals surface area contributed by atoms with E-state index >= 15 is 0 Å². The molecule has 0 spiro atoms. The lowest BCUT2D eigenvalue weighted by atomic mass is 10.1. The molecule has 1 aromatic rings. The van der Waals surface area contributed by atoms with Gasteiger partial charge in [-0.15, -0.1) is 0 Å². The predicted molar refractivity (Wildman–Crippen MR) is 58.0 cm³/mol. The molecule has 0 amide bonds. The van der Waals surface area contributed by atoms with Crippen molar-refractivity contribution in [3.63, 3.8) is 0 Å². The number of furan rings is 1. The third-order valence-corrected chi connectivity index (χ3v) is 2.64. The molecule has 0 radical (unpaired) electrons. The highest BCUT2D eigenvalue weighted by Gasteiger charge is 2.07. The second kappa shape index (κ2) is 5.01. The maximum atomic E-state index is 5.22. The zero-order valence-corrected chi connectivity index (χ0v) is 8.48. The van der Waals surface area contributed by atoms with Crippen molar-refractivity contribution < 1.29 is 4.42 Å². The summed E-state index contributed by atoms with van der Waals surface area (Å²) < 4.78 is 5.22. The highest BCUT2D eigenvalue weighted by atomic mass is 16.3. The molecule has 1 fully saturated rings. The highest BCUT2D eigenvalue weighted by Crippen LogP contribution is 2.09. The van der Waals surface area contributed by atoms with Gasteiger partial charge in [-0.3, -0.25) is 4.90 Å². The maximum absolute atomic E-state index is 5.22. The van der Waals surface area contributed by atoms with E-state index in [2.05, 4.69) is 17.1 Å². The largest absolute Gasteiger partial charge is 0.465 e. The van der Waals surface area contributed by atoms with Crippen LogP contribution in [0.15, 0.2) is 28.9 Å². The van der Waals surface area contributed by atoms with Crippen molar-refractivity contribution in [2.24, 2.45) is 0 Å². The normalized spacial score (nSPS) is 19.1. The Bertz CT molecular complexity index is 271. The van der Waals surface area contributed by atoms with Gasteiger partial charge < -0.3 is 4.42 Å². The minimum Gasteiger partial charge on any atom is -0.465 e. The molecule has 14 heavy (non-hydrogen) atoms. The van der Waals surface area contributed by atoms with Crippen LogP contribution in [-0.2, 0) is 0 Å². The van der Waals surface area contributed by atoms with E-state index in [1.54, 1.807) is 6.26 Å². The SMILES string of the molecule is C(=C\c1ccco1)/CN1CCCCC1. The number of likely N-dealkylation sites (tertiary alicyclic amines) is 1. The average molecular weight is 191 g/mol. The lowest BCUT2D eigenvalue weighted by molar-refractivity contribution is 0.252. The van der Waals surface area contributed by atoms with Crippen molar-refractivity contribution in [2.45, 2.75) is 19.3 Å². The first-order valence-corrected chi connectivity index (χ1v) is 5.37. The van der Waals surface area contributed by atoms with Crippen LogP contribution in [-0.4, -0.2) is 24.5 Å². The quantitative estimate of drug-likeness (QED) is 0.730. The lowest BCUT2D eigenvalue weighted by Gasteiger charge is -2.24. The van der Waals surface area contributed by atoms with Crippen LogP contribution in [0.25, 0.3) is 6.08 Å². The van der Waals surface area contributed by atoms with Crippen molar-refractivity contribution in [3.05, 3.63) is 30.2 Å². The minimum absolute atomic E-state index is 0.946. The van der Waals surface area contributed by atoms with Gasteiger partial charge in [-0.05, 0) is 44.1 Å². The average Bonchev–Trinajstić information content (AvgIpc) is 2.72. The Morgan fingerprint density at radius 1 is 1.29 bits per heavy atom. The summed E-state index contributed by atoms with van der Waals surface area (Å²) >= 11 is 0. The van der Waals surface area contributed by atoms with Crippen molar-refractivity contribution in [1.82, 2.24) is 4.90 Å². The minimum atomic E-state index is 0.946. The molecule has 0 bridgehead atoms. The first-order valence-electron chi connectivity index (χ1n) is 5.37. The van der Waals surface area contributed by atoms with Gasteiger partial charge in [0.2, 0.25) is 0 Å². The first kappa shape index (κ1) is 9.53. The van der Waals surface area contributed by atoms with Gasteiger partial charge >= 0.3 is 0 Å². The standard InChI is InChI=1S/C12H17NO/c1-2-8-13(9-3-1)10-4-6-12-7-5-11-14-12/h4-7,11H,1-3,8-10H2/b6-4+. The van der Waals surface area contributed by atoms with Crippen molar-refractivity contribution in [3.8, 4) is 0 Å². The van der Waals surface area contributed by atoms with E-state index in [4.69, 9.17) is 4.42 Å². The van der Waals surface area contributed by atoms with Crippen LogP contribution >= 0.6 is 0 Å². The Balaban J connectivity index is 1.76. The van der Waals surface area contributed by atoms with Gasteiger partial charge in [0.15, 0.2) is 0 Å². The van der Waals surface area contributed by atoms with E-state index in [1.165, 1.54) is 32.4 Å². The molecule has 2 rings (SSSR count). The van der Waals surface area contributed by atoms with E-state index in [-0.39, 0.29) is 0 Å².